The molecule has 0 amide bonds. The third-order valence-electron chi connectivity index (χ3n) is 9.78. The number of aryl methyl sites for hydroxylation is 2. The maximum Gasteiger partial charge on any atom is 0.0726 e. The van der Waals surface area contributed by atoms with Crippen molar-refractivity contribution in [2.24, 2.45) is 0 Å². The minimum Gasteiger partial charge on any atom is -0.412 e. The SMILES string of the molecule is Nc1c2c(nc3ccccc13)CCCC2C(Br)CCCCCCCCC(Br)C1CCCc2nc3ccccc3c(N)c21.O. The maximum absolute atomic E-state index is 6.74. The van der Waals surface area contributed by atoms with Crippen molar-refractivity contribution in [2.45, 2.75) is 111 Å². The lowest BCUT2D eigenvalue weighted by atomic mass is 9.80. The van der Waals surface area contributed by atoms with Crippen molar-refractivity contribution in [3.8, 4) is 0 Å². The predicted molar refractivity (Wildman–Crippen MR) is 190 cm³/mol. The first-order chi connectivity index (χ1) is 20.5. The molecule has 0 spiro atoms. The number of rotatable bonds is 11. The summed E-state index contributed by atoms with van der Waals surface area (Å²) in [5.74, 6) is 0.933. The summed E-state index contributed by atoms with van der Waals surface area (Å²) < 4.78 is 0. The molecule has 4 atom stereocenters. The van der Waals surface area contributed by atoms with Crippen LogP contribution in [-0.2, 0) is 12.8 Å². The average molecular weight is 711 g/mol. The zero-order chi connectivity index (χ0) is 29.1. The number of halogens is 2. The van der Waals surface area contributed by atoms with Crippen LogP contribution in [0.2, 0.25) is 0 Å². The molecule has 0 radical (unpaired) electrons. The molecule has 43 heavy (non-hydrogen) atoms. The number of hydrogen-bond donors (Lipinski definition) is 2. The van der Waals surface area contributed by atoms with Crippen molar-refractivity contribution < 1.29 is 5.48 Å². The number of alkyl halides is 2. The molecule has 7 heteroatoms. The topological polar surface area (TPSA) is 109 Å². The summed E-state index contributed by atoms with van der Waals surface area (Å²) >= 11 is 8.17. The second kappa shape index (κ2) is 14.7. The van der Waals surface area contributed by atoms with Gasteiger partial charge in [0.1, 0.15) is 0 Å². The van der Waals surface area contributed by atoms with Gasteiger partial charge < -0.3 is 16.9 Å². The van der Waals surface area contributed by atoms with E-state index in [-0.39, 0.29) is 5.48 Å². The van der Waals surface area contributed by atoms with E-state index in [1.165, 1.54) is 99.6 Å². The highest BCUT2D eigenvalue weighted by atomic mass is 79.9. The summed E-state index contributed by atoms with van der Waals surface area (Å²) in [5.41, 5.74) is 22.5. The van der Waals surface area contributed by atoms with Crippen LogP contribution in [0.4, 0.5) is 11.4 Å². The van der Waals surface area contributed by atoms with Crippen molar-refractivity contribution in [3.63, 3.8) is 0 Å². The second-order valence-electron chi connectivity index (χ2n) is 12.5. The number of pyridine rings is 2. The molecule has 6 rings (SSSR count). The standard InChI is InChI=1S/C36H44Br2N4.H2O/c37-27(23-15-11-21-31-33(23)35(39)25-13-7-9-19-29(25)41-31)17-5-3-1-2-4-6-18-28(38)24-16-12-22-32-34(24)36(40)26-14-8-10-20-30(26)42-32;/h7-10,13-14,19-20,23-24,27-28H,1-6,11-12,15-18,21-22H2,(H2,39,41)(H2,40,42);1H2. The first kappa shape index (κ1) is 32.2. The van der Waals surface area contributed by atoms with E-state index in [1.54, 1.807) is 0 Å². The molecule has 2 aromatic carbocycles. The number of fused-ring (bicyclic) bond motifs is 4. The number of unbranched alkanes of at least 4 members (excludes halogenated alkanes) is 5. The normalized spacial score (nSPS) is 19.4. The van der Waals surface area contributed by atoms with Crippen LogP contribution in [0.15, 0.2) is 48.5 Å². The lowest BCUT2D eigenvalue weighted by molar-refractivity contribution is 0.483. The molecule has 0 bridgehead atoms. The maximum atomic E-state index is 6.74. The van der Waals surface area contributed by atoms with Crippen LogP contribution >= 0.6 is 31.9 Å². The third kappa shape index (κ3) is 6.89. The number of hydrogen-bond acceptors (Lipinski definition) is 4. The van der Waals surface area contributed by atoms with Gasteiger partial charge in [0.15, 0.2) is 0 Å². The summed E-state index contributed by atoms with van der Waals surface area (Å²) in [4.78, 5) is 10.9. The van der Waals surface area contributed by atoms with Crippen LogP contribution in [0.25, 0.3) is 21.8 Å². The monoisotopic (exact) mass is 708 g/mol. The van der Waals surface area contributed by atoms with Crippen molar-refractivity contribution >= 4 is 65.0 Å². The van der Waals surface area contributed by atoms with E-state index in [0.717, 1.165) is 46.0 Å². The highest BCUT2D eigenvalue weighted by Crippen LogP contribution is 2.44. The summed E-state index contributed by atoms with van der Waals surface area (Å²) in [6.45, 7) is 0. The average Bonchev–Trinajstić information content (AvgIpc) is 3.01. The third-order valence-corrected chi connectivity index (χ3v) is 12.0. The zero-order valence-corrected chi connectivity index (χ0v) is 28.3. The minimum absolute atomic E-state index is 0. The highest BCUT2D eigenvalue weighted by Gasteiger charge is 2.31. The van der Waals surface area contributed by atoms with Gasteiger partial charge in [0.25, 0.3) is 0 Å². The van der Waals surface area contributed by atoms with Crippen LogP contribution in [0.1, 0.15) is 111 Å². The fourth-order valence-electron chi connectivity index (χ4n) is 7.60. The Balaban J connectivity index is 0.00000368. The lowest BCUT2D eigenvalue weighted by Gasteiger charge is -2.31. The molecule has 230 valence electrons. The highest BCUT2D eigenvalue weighted by molar-refractivity contribution is 9.09. The molecule has 6 N–H and O–H groups in total. The summed E-state index contributed by atoms with van der Waals surface area (Å²) in [6, 6.07) is 16.7. The number of para-hydroxylation sites is 2. The molecule has 4 unspecified atom stereocenters. The van der Waals surface area contributed by atoms with Gasteiger partial charge >= 0.3 is 0 Å². The van der Waals surface area contributed by atoms with Crippen molar-refractivity contribution in [1.82, 2.24) is 9.97 Å². The van der Waals surface area contributed by atoms with Crippen LogP contribution in [0, 0.1) is 0 Å². The van der Waals surface area contributed by atoms with Crippen LogP contribution in [0.3, 0.4) is 0 Å². The van der Waals surface area contributed by atoms with Gasteiger partial charge in [-0.05, 0) is 63.5 Å². The lowest BCUT2D eigenvalue weighted by Crippen LogP contribution is -2.21. The Morgan fingerprint density at radius 1 is 0.628 bits per heavy atom. The molecule has 0 aliphatic heterocycles. The Morgan fingerprint density at radius 3 is 1.47 bits per heavy atom. The molecule has 2 aliphatic carbocycles. The van der Waals surface area contributed by atoms with Crippen LogP contribution in [0.5, 0.6) is 0 Å². The smallest absolute Gasteiger partial charge is 0.0726 e. The number of aromatic nitrogens is 2. The molecule has 2 heterocycles. The van der Waals surface area contributed by atoms with E-state index >= 15 is 0 Å². The van der Waals surface area contributed by atoms with E-state index in [2.05, 4.69) is 80.4 Å². The fourth-order valence-corrected chi connectivity index (χ4v) is 9.30. The molecule has 2 aromatic heterocycles. The van der Waals surface area contributed by atoms with Gasteiger partial charge in [-0.15, -0.1) is 0 Å². The molecular formula is C36H46Br2N4O. The molecular weight excluding hydrogens is 664 g/mol. The van der Waals surface area contributed by atoms with E-state index in [1.807, 2.05) is 0 Å². The van der Waals surface area contributed by atoms with E-state index in [4.69, 9.17) is 21.4 Å². The Labute approximate surface area is 273 Å². The minimum atomic E-state index is 0. The van der Waals surface area contributed by atoms with Crippen molar-refractivity contribution in [1.29, 1.82) is 0 Å². The summed E-state index contributed by atoms with van der Waals surface area (Å²) in [7, 11) is 0. The van der Waals surface area contributed by atoms with Crippen LogP contribution in [-0.4, -0.2) is 25.1 Å². The molecule has 4 aromatic rings. The molecule has 0 fully saturated rings. The van der Waals surface area contributed by atoms with Crippen molar-refractivity contribution in [2.75, 3.05) is 11.5 Å². The van der Waals surface area contributed by atoms with Gasteiger partial charge in [-0.2, -0.15) is 0 Å². The van der Waals surface area contributed by atoms with E-state index in [9.17, 15) is 0 Å². The number of nitrogen functional groups attached to an aromatic ring is 2. The number of benzene rings is 2. The molecule has 2 aliphatic rings. The van der Waals surface area contributed by atoms with Gasteiger partial charge in [-0.25, -0.2) is 0 Å². The second-order valence-corrected chi connectivity index (χ2v) is 14.9. The Bertz CT molecular complexity index is 1430. The quantitative estimate of drug-likeness (QED) is 0.119. The molecule has 0 saturated carbocycles. The Kier molecular flexibility index (Phi) is 11.0. The fraction of sp³-hybridized carbons (Fsp3) is 0.500. The van der Waals surface area contributed by atoms with Gasteiger partial charge in [0, 0.05) is 66.2 Å². The molecule has 0 saturated heterocycles. The Hall–Kier alpha value is -2.22. The Morgan fingerprint density at radius 2 is 1.02 bits per heavy atom. The van der Waals surface area contributed by atoms with Gasteiger partial charge in [-0.1, -0.05) is 107 Å². The number of anilines is 2. The zero-order valence-electron chi connectivity index (χ0n) is 25.1. The predicted octanol–water partition coefficient (Wildman–Crippen LogP) is 9.31. The first-order valence-corrected chi connectivity index (χ1v) is 18.0. The van der Waals surface area contributed by atoms with Crippen LogP contribution < -0.4 is 11.5 Å². The van der Waals surface area contributed by atoms with Gasteiger partial charge in [0.2, 0.25) is 0 Å². The first-order valence-electron chi connectivity index (χ1n) is 16.1. The van der Waals surface area contributed by atoms with Gasteiger partial charge in [-0.3, -0.25) is 9.97 Å². The van der Waals surface area contributed by atoms with E-state index in [0.29, 0.717) is 21.5 Å². The van der Waals surface area contributed by atoms with E-state index < -0.39 is 0 Å². The van der Waals surface area contributed by atoms with Gasteiger partial charge in [0.05, 0.1) is 11.0 Å². The van der Waals surface area contributed by atoms with Crippen molar-refractivity contribution in [3.05, 3.63) is 71.0 Å². The number of nitrogens with two attached hydrogens (primary N) is 2. The largest absolute Gasteiger partial charge is 0.412 e. The number of nitrogens with zero attached hydrogens (tertiary/aromatic N) is 2. The molecule has 5 nitrogen and oxygen atoms in total. The summed E-state index contributed by atoms with van der Waals surface area (Å²) in [6.07, 6.45) is 17.1. The summed E-state index contributed by atoms with van der Waals surface area (Å²) in [5, 5.41) is 2.21.